The van der Waals surface area contributed by atoms with E-state index in [2.05, 4.69) is 4.98 Å². The standard InChI is InChI=1S/C14H20N2O4/c1-3-14(19)6-8-16(9-11(14)17)13(18)10-5-4-7-15-12(10)20-2/h4-5,7,11,17,19H,3,6,8-9H2,1-2H3/t11-,14-/m1/s1. The molecule has 2 atom stereocenters. The van der Waals surface area contributed by atoms with Crippen molar-refractivity contribution in [1.82, 2.24) is 9.88 Å². The van der Waals surface area contributed by atoms with Crippen molar-refractivity contribution in [2.45, 2.75) is 31.5 Å². The Morgan fingerprint density at radius 1 is 1.65 bits per heavy atom. The van der Waals surface area contributed by atoms with E-state index >= 15 is 0 Å². The van der Waals surface area contributed by atoms with Gasteiger partial charge in [-0.3, -0.25) is 4.79 Å². The molecule has 0 bridgehead atoms. The highest BCUT2D eigenvalue weighted by Crippen LogP contribution is 2.27. The Labute approximate surface area is 118 Å². The first-order chi connectivity index (χ1) is 9.51. The average Bonchev–Trinajstić information content (AvgIpc) is 2.49. The number of pyridine rings is 1. The summed E-state index contributed by atoms with van der Waals surface area (Å²) in [6.07, 6.45) is 1.44. The second kappa shape index (κ2) is 5.76. The number of likely N-dealkylation sites (tertiary alicyclic amines) is 1. The van der Waals surface area contributed by atoms with Crippen LogP contribution in [0.1, 0.15) is 30.1 Å². The number of carbonyl (C=O) groups is 1. The van der Waals surface area contributed by atoms with E-state index in [1.165, 1.54) is 12.0 Å². The van der Waals surface area contributed by atoms with Crippen LogP contribution in [-0.2, 0) is 0 Å². The van der Waals surface area contributed by atoms with Gasteiger partial charge in [0.2, 0.25) is 5.88 Å². The van der Waals surface area contributed by atoms with Crippen LogP contribution in [0.2, 0.25) is 0 Å². The number of aliphatic hydroxyl groups is 2. The Bertz CT molecular complexity index is 494. The summed E-state index contributed by atoms with van der Waals surface area (Å²) in [4.78, 5) is 18.0. The summed E-state index contributed by atoms with van der Waals surface area (Å²) in [6, 6.07) is 3.31. The number of hydrogen-bond donors (Lipinski definition) is 2. The quantitative estimate of drug-likeness (QED) is 0.839. The van der Waals surface area contributed by atoms with Crippen molar-refractivity contribution in [2.24, 2.45) is 0 Å². The van der Waals surface area contributed by atoms with Crippen LogP contribution in [0, 0.1) is 0 Å². The number of rotatable bonds is 3. The summed E-state index contributed by atoms with van der Waals surface area (Å²) < 4.78 is 5.08. The number of hydrogen-bond acceptors (Lipinski definition) is 5. The summed E-state index contributed by atoms with van der Waals surface area (Å²) in [6.45, 7) is 2.34. The van der Waals surface area contributed by atoms with Crippen LogP contribution in [0.25, 0.3) is 0 Å². The van der Waals surface area contributed by atoms with E-state index in [4.69, 9.17) is 4.74 Å². The monoisotopic (exact) mass is 280 g/mol. The van der Waals surface area contributed by atoms with E-state index in [-0.39, 0.29) is 18.3 Å². The van der Waals surface area contributed by atoms with Crippen molar-refractivity contribution in [1.29, 1.82) is 0 Å². The van der Waals surface area contributed by atoms with Gasteiger partial charge in [-0.25, -0.2) is 4.98 Å². The highest BCUT2D eigenvalue weighted by Gasteiger charge is 2.40. The summed E-state index contributed by atoms with van der Waals surface area (Å²) in [5, 5.41) is 20.2. The number of β-amino-alcohol motifs (C(OH)–C–C–N with tert-alkyl or cyclic N) is 1. The van der Waals surface area contributed by atoms with Gasteiger partial charge in [0.1, 0.15) is 11.7 Å². The van der Waals surface area contributed by atoms with E-state index in [9.17, 15) is 15.0 Å². The van der Waals surface area contributed by atoms with E-state index in [1.807, 2.05) is 6.92 Å². The molecule has 0 unspecified atom stereocenters. The van der Waals surface area contributed by atoms with E-state index in [0.717, 1.165) is 0 Å². The first kappa shape index (κ1) is 14.7. The number of carbonyl (C=O) groups excluding carboxylic acids is 1. The highest BCUT2D eigenvalue weighted by molar-refractivity contribution is 5.96. The first-order valence-corrected chi connectivity index (χ1v) is 6.70. The fourth-order valence-corrected chi connectivity index (χ4v) is 2.45. The molecule has 2 rings (SSSR count). The van der Waals surface area contributed by atoms with Crippen molar-refractivity contribution >= 4 is 5.91 Å². The van der Waals surface area contributed by atoms with Crippen molar-refractivity contribution in [3.05, 3.63) is 23.9 Å². The fourth-order valence-electron chi connectivity index (χ4n) is 2.45. The van der Waals surface area contributed by atoms with E-state index in [1.54, 1.807) is 18.3 Å². The topological polar surface area (TPSA) is 82.9 Å². The maximum atomic E-state index is 12.4. The van der Waals surface area contributed by atoms with Crippen LogP contribution in [0.3, 0.4) is 0 Å². The molecule has 1 aromatic rings. The molecule has 0 spiro atoms. The van der Waals surface area contributed by atoms with E-state index in [0.29, 0.717) is 24.9 Å². The number of piperidine rings is 1. The lowest BCUT2D eigenvalue weighted by atomic mass is 9.86. The Morgan fingerprint density at radius 3 is 3.00 bits per heavy atom. The molecule has 1 amide bonds. The van der Waals surface area contributed by atoms with Gasteiger partial charge in [-0.05, 0) is 25.0 Å². The van der Waals surface area contributed by atoms with Gasteiger partial charge in [0.25, 0.3) is 5.91 Å². The number of ether oxygens (including phenoxy) is 1. The van der Waals surface area contributed by atoms with Gasteiger partial charge in [0.15, 0.2) is 0 Å². The van der Waals surface area contributed by atoms with Crippen molar-refractivity contribution < 1.29 is 19.7 Å². The van der Waals surface area contributed by atoms with Crippen LogP contribution in [0.4, 0.5) is 0 Å². The summed E-state index contributed by atoms with van der Waals surface area (Å²) in [7, 11) is 1.46. The Balaban J connectivity index is 2.15. The fraction of sp³-hybridized carbons (Fsp3) is 0.571. The highest BCUT2D eigenvalue weighted by atomic mass is 16.5. The molecule has 0 aliphatic carbocycles. The third kappa shape index (κ3) is 2.62. The molecular weight excluding hydrogens is 260 g/mol. The maximum Gasteiger partial charge on any atom is 0.259 e. The largest absolute Gasteiger partial charge is 0.480 e. The molecule has 0 saturated carbocycles. The number of aromatic nitrogens is 1. The van der Waals surface area contributed by atoms with Crippen LogP contribution in [-0.4, -0.2) is 57.9 Å². The van der Waals surface area contributed by atoms with Gasteiger partial charge < -0.3 is 19.8 Å². The van der Waals surface area contributed by atoms with Gasteiger partial charge in [-0.15, -0.1) is 0 Å². The number of aliphatic hydroxyl groups excluding tert-OH is 1. The lowest BCUT2D eigenvalue weighted by molar-refractivity contribution is -0.114. The van der Waals surface area contributed by atoms with Gasteiger partial charge in [0.05, 0.1) is 12.7 Å². The third-order valence-electron chi connectivity index (χ3n) is 3.92. The van der Waals surface area contributed by atoms with Crippen molar-refractivity contribution in [3.63, 3.8) is 0 Å². The van der Waals surface area contributed by atoms with Crippen LogP contribution in [0.5, 0.6) is 5.88 Å². The smallest absolute Gasteiger partial charge is 0.259 e. The molecule has 0 aromatic carbocycles. The summed E-state index contributed by atoms with van der Waals surface area (Å²) >= 11 is 0. The molecule has 1 aliphatic heterocycles. The van der Waals surface area contributed by atoms with Gasteiger partial charge in [-0.2, -0.15) is 0 Å². The summed E-state index contributed by atoms with van der Waals surface area (Å²) in [5.74, 6) is 0.0236. The lowest BCUT2D eigenvalue weighted by Gasteiger charge is -2.41. The minimum absolute atomic E-state index is 0.112. The van der Waals surface area contributed by atoms with Crippen LogP contribution >= 0.6 is 0 Å². The molecule has 20 heavy (non-hydrogen) atoms. The maximum absolute atomic E-state index is 12.4. The van der Waals surface area contributed by atoms with Crippen molar-refractivity contribution in [3.8, 4) is 5.88 Å². The molecule has 1 aliphatic rings. The van der Waals surface area contributed by atoms with E-state index < -0.39 is 11.7 Å². The van der Waals surface area contributed by atoms with Crippen molar-refractivity contribution in [2.75, 3.05) is 20.2 Å². The molecule has 0 radical (unpaired) electrons. The average molecular weight is 280 g/mol. The minimum Gasteiger partial charge on any atom is -0.480 e. The summed E-state index contributed by atoms with van der Waals surface area (Å²) in [5.41, 5.74) is -0.736. The number of methoxy groups -OCH3 is 1. The number of amides is 1. The molecule has 1 saturated heterocycles. The third-order valence-corrected chi connectivity index (χ3v) is 3.92. The predicted molar refractivity (Wildman–Crippen MR) is 72.6 cm³/mol. The molecule has 2 N–H and O–H groups in total. The zero-order valence-corrected chi connectivity index (χ0v) is 11.7. The minimum atomic E-state index is -1.10. The molecule has 1 fully saturated rings. The zero-order valence-electron chi connectivity index (χ0n) is 11.7. The lowest BCUT2D eigenvalue weighted by Crippen LogP contribution is -2.56. The second-order valence-electron chi connectivity index (χ2n) is 5.03. The Morgan fingerprint density at radius 2 is 2.40 bits per heavy atom. The van der Waals surface area contributed by atoms with Gasteiger partial charge in [-0.1, -0.05) is 6.92 Å². The molecule has 2 heterocycles. The molecule has 6 heteroatoms. The van der Waals surface area contributed by atoms with Crippen LogP contribution in [0.15, 0.2) is 18.3 Å². The Hall–Kier alpha value is -1.66. The normalized spacial score (nSPS) is 26.4. The second-order valence-corrected chi connectivity index (χ2v) is 5.03. The zero-order chi connectivity index (χ0) is 14.8. The predicted octanol–water partition coefficient (Wildman–Crippen LogP) is 0.438. The molecule has 6 nitrogen and oxygen atoms in total. The first-order valence-electron chi connectivity index (χ1n) is 6.70. The Kier molecular flexibility index (Phi) is 4.25. The molecule has 110 valence electrons. The van der Waals surface area contributed by atoms with Gasteiger partial charge in [0, 0.05) is 19.3 Å². The number of nitrogens with zero attached hydrogens (tertiary/aromatic N) is 2. The van der Waals surface area contributed by atoms with Gasteiger partial charge >= 0.3 is 0 Å². The van der Waals surface area contributed by atoms with Crippen LogP contribution < -0.4 is 4.74 Å². The molecule has 1 aromatic heterocycles. The molecular formula is C14H20N2O4. The SMILES string of the molecule is CC[C@@]1(O)CCN(C(=O)c2cccnc2OC)C[C@H]1O.